The highest BCUT2D eigenvalue weighted by atomic mass is 79.9. The first kappa shape index (κ1) is 10.4. The molecule has 1 amide bonds. The third-order valence-corrected chi connectivity index (χ3v) is 4.13. The van der Waals surface area contributed by atoms with E-state index >= 15 is 0 Å². The van der Waals surface area contributed by atoms with Gasteiger partial charge in [-0.05, 0) is 23.4 Å². The van der Waals surface area contributed by atoms with Gasteiger partial charge >= 0.3 is 6.09 Å². The molecule has 0 aromatic carbocycles. The lowest BCUT2D eigenvalue weighted by Crippen LogP contribution is -2.34. The summed E-state index contributed by atoms with van der Waals surface area (Å²) in [5.41, 5.74) is 6.71. The van der Waals surface area contributed by atoms with Crippen LogP contribution < -0.4 is 5.73 Å². The van der Waals surface area contributed by atoms with Crippen LogP contribution in [0.5, 0.6) is 0 Å². The van der Waals surface area contributed by atoms with Crippen molar-refractivity contribution in [2.24, 2.45) is 11.7 Å². The third-order valence-electron chi connectivity index (χ3n) is 3.54. The van der Waals surface area contributed by atoms with Crippen LogP contribution in [0.15, 0.2) is 22.3 Å². The van der Waals surface area contributed by atoms with Crippen molar-refractivity contribution in [1.29, 1.82) is 0 Å². The fraction of sp³-hybridized carbons (Fsp3) is 0.545. The Balaban J connectivity index is 1.93. The Morgan fingerprint density at radius 3 is 3.12 bits per heavy atom. The molecular formula is C11H13BrN2O2. The van der Waals surface area contributed by atoms with Crippen LogP contribution in [0.1, 0.15) is 12.8 Å². The van der Waals surface area contributed by atoms with Gasteiger partial charge in [-0.1, -0.05) is 22.0 Å². The van der Waals surface area contributed by atoms with Crippen LogP contribution in [0.2, 0.25) is 0 Å². The normalized spacial score (nSPS) is 36.5. The van der Waals surface area contributed by atoms with Crippen LogP contribution in [0.4, 0.5) is 4.79 Å². The van der Waals surface area contributed by atoms with Gasteiger partial charge in [0.15, 0.2) is 0 Å². The number of allylic oxidation sites excluding steroid dienone is 4. The van der Waals surface area contributed by atoms with E-state index in [4.69, 9.17) is 10.5 Å². The molecule has 0 aromatic rings. The van der Waals surface area contributed by atoms with Crippen LogP contribution in [0.25, 0.3) is 0 Å². The lowest BCUT2D eigenvalue weighted by molar-refractivity contribution is 0.129. The van der Waals surface area contributed by atoms with Crippen molar-refractivity contribution in [3.63, 3.8) is 0 Å². The molecule has 3 unspecified atom stereocenters. The summed E-state index contributed by atoms with van der Waals surface area (Å²) in [5.74, 6) is 0.436. The summed E-state index contributed by atoms with van der Waals surface area (Å²) in [7, 11) is 0. The van der Waals surface area contributed by atoms with E-state index in [9.17, 15) is 4.79 Å². The molecule has 0 radical (unpaired) electrons. The first-order valence-electron chi connectivity index (χ1n) is 5.47. The number of nitrogens with two attached hydrogens (primary N) is 1. The zero-order valence-corrected chi connectivity index (χ0v) is 10.3. The van der Waals surface area contributed by atoms with Gasteiger partial charge in [0.2, 0.25) is 0 Å². The van der Waals surface area contributed by atoms with Crippen molar-refractivity contribution in [2.75, 3.05) is 6.54 Å². The Labute approximate surface area is 102 Å². The molecular weight excluding hydrogens is 272 g/mol. The summed E-state index contributed by atoms with van der Waals surface area (Å²) in [6, 6.07) is 0.139. The summed E-state index contributed by atoms with van der Waals surface area (Å²) < 4.78 is 6.44. The van der Waals surface area contributed by atoms with E-state index < -0.39 is 0 Å². The fourth-order valence-electron chi connectivity index (χ4n) is 2.82. The number of ether oxygens (including phenoxy) is 1. The van der Waals surface area contributed by atoms with Crippen molar-refractivity contribution < 1.29 is 9.53 Å². The quantitative estimate of drug-likeness (QED) is 0.798. The smallest absolute Gasteiger partial charge is 0.414 e. The Kier molecular flexibility index (Phi) is 2.33. The van der Waals surface area contributed by atoms with Gasteiger partial charge in [0, 0.05) is 18.2 Å². The second kappa shape index (κ2) is 3.60. The molecule has 2 aliphatic heterocycles. The number of carbonyl (C=O) groups is 1. The number of rotatable bonds is 1. The van der Waals surface area contributed by atoms with E-state index in [2.05, 4.69) is 15.9 Å². The molecule has 2 fully saturated rings. The second-order valence-corrected chi connectivity index (χ2v) is 5.46. The van der Waals surface area contributed by atoms with E-state index in [1.54, 1.807) is 4.90 Å². The van der Waals surface area contributed by atoms with Crippen LogP contribution in [0, 0.1) is 5.92 Å². The summed E-state index contributed by atoms with van der Waals surface area (Å²) in [5, 5.41) is 0. The van der Waals surface area contributed by atoms with Crippen LogP contribution in [-0.4, -0.2) is 29.7 Å². The largest absolute Gasteiger partial charge is 0.442 e. The Morgan fingerprint density at radius 2 is 2.38 bits per heavy atom. The van der Waals surface area contributed by atoms with Crippen LogP contribution in [0.3, 0.4) is 0 Å². The molecule has 16 heavy (non-hydrogen) atoms. The lowest BCUT2D eigenvalue weighted by Gasteiger charge is -2.19. The van der Waals surface area contributed by atoms with Crippen LogP contribution in [-0.2, 0) is 4.74 Å². The molecule has 86 valence electrons. The first-order chi connectivity index (χ1) is 7.70. The number of nitrogens with zero attached hydrogens (tertiary/aromatic N) is 1. The second-order valence-electron chi connectivity index (χ2n) is 4.44. The molecule has 5 heteroatoms. The highest BCUT2D eigenvalue weighted by molar-refractivity contribution is 9.11. The van der Waals surface area contributed by atoms with Crippen molar-refractivity contribution in [2.45, 2.75) is 25.0 Å². The summed E-state index contributed by atoms with van der Waals surface area (Å²) in [6.07, 6.45) is 5.58. The number of cyclic esters (lactones) is 1. The van der Waals surface area contributed by atoms with E-state index in [1.807, 2.05) is 12.2 Å². The predicted molar refractivity (Wildman–Crippen MR) is 62.8 cm³/mol. The van der Waals surface area contributed by atoms with Gasteiger partial charge < -0.3 is 10.5 Å². The lowest BCUT2D eigenvalue weighted by atomic mass is 9.94. The highest BCUT2D eigenvalue weighted by Gasteiger charge is 2.50. The molecule has 0 saturated carbocycles. The van der Waals surface area contributed by atoms with Gasteiger partial charge in [-0.15, -0.1) is 0 Å². The monoisotopic (exact) mass is 284 g/mol. The summed E-state index contributed by atoms with van der Waals surface area (Å²) in [4.78, 5) is 13.5. The number of halogens is 1. The maximum Gasteiger partial charge on any atom is 0.414 e. The maximum atomic E-state index is 11.7. The van der Waals surface area contributed by atoms with Crippen molar-refractivity contribution >= 4 is 22.0 Å². The van der Waals surface area contributed by atoms with E-state index in [-0.39, 0.29) is 18.2 Å². The van der Waals surface area contributed by atoms with Gasteiger partial charge in [0.05, 0.1) is 6.04 Å². The van der Waals surface area contributed by atoms with Gasteiger partial charge in [0.1, 0.15) is 6.10 Å². The number of fused-ring (bicyclic) bond motifs is 3. The number of amides is 1. The topological polar surface area (TPSA) is 55.6 Å². The zero-order chi connectivity index (χ0) is 11.3. The Bertz CT molecular complexity index is 405. The van der Waals surface area contributed by atoms with Gasteiger partial charge in [0.25, 0.3) is 0 Å². The molecule has 3 aliphatic rings. The summed E-state index contributed by atoms with van der Waals surface area (Å²) in [6.45, 7) is 0.404. The van der Waals surface area contributed by atoms with Gasteiger partial charge in [-0.2, -0.15) is 0 Å². The number of carbonyl (C=O) groups excluding carboxylic acids is 1. The van der Waals surface area contributed by atoms with E-state index in [0.717, 1.165) is 18.5 Å². The molecule has 3 rings (SSSR count). The molecule has 3 atom stereocenters. The average Bonchev–Trinajstić information content (AvgIpc) is 2.76. The summed E-state index contributed by atoms with van der Waals surface area (Å²) >= 11 is 3.51. The molecule has 1 aliphatic carbocycles. The van der Waals surface area contributed by atoms with Gasteiger partial charge in [-0.3, -0.25) is 4.90 Å². The maximum absolute atomic E-state index is 11.7. The molecule has 4 nitrogen and oxygen atoms in total. The van der Waals surface area contributed by atoms with Crippen molar-refractivity contribution in [1.82, 2.24) is 4.90 Å². The average molecular weight is 285 g/mol. The minimum absolute atomic E-state index is 0.139. The highest BCUT2D eigenvalue weighted by Crippen LogP contribution is 2.45. The molecule has 2 N–H and O–H groups in total. The molecule has 0 aromatic heterocycles. The Morgan fingerprint density at radius 1 is 1.56 bits per heavy atom. The first-order valence-corrected chi connectivity index (χ1v) is 6.26. The number of hydrogen-bond acceptors (Lipinski definition) is 3. The minimum atomic E-state index is -0.236. The predicted octanol–water partition coefficient (Wildman–Crippen LogP) is 1.72. The van der Waals surface area contributed by atoms with Crippen molar-refractivity contribution in [3.8, 4) is 0 Å². The molecule has 2 saturated heterocycles. The minimum Gasteiger partial charge on any atom is -0.442 e. The van der Waals surface area contributed by atoms with Crippen molar-refractivity contribution in [3.05, 3.63) is 22.3 Å². The zero-order valence-electron chi connectivity index (χ0n) is 8.73. The SMILES string of the molecule is NCC1OC(=O)N2C3=CC=C(Br)CC3CC12. The number of hydrogen-bond donors (Lipinski definition) is 1. The van der Waals surface area contributed by atoms with E-state index in [0.29, 0.717) is 12.5 Å². The third kappa shape index (κ3) is 1.34. The molecule has 0 bridgehead atoms. The fourth-order valence-corrected chi connectivity index (χ4v) is 3.34. The molecule has 0 spiro atoms. The van der Waals surface area contributed by atoms with Gasteiger partial charge in [-0.25, -0.2) is 4.79 Å². The molecule has 2 heterocycles. The Hall–Kier alpha value is -0.810. The van der Waals surface area contributed by atoms with E-state index in [1.165, 1.54) is 4.48 Å². The van der Waals surface area contributed by atoms with Crippen LogP contribution >= 0.6 is 15.9 Å². The standard InChI is InChI=1S/C11H13BrN2O2/c12-7-1-2-8-6(3-7)4-9-10(5-13)16-11(15)14(8)9/h1-2,6,9-10H,3-5,13H2.